The van der Waals surface area contributed by atoms with E-state index in [4.69, 9.17) is 21.3 Å². The lowest BCUT2D eigenvalue weighted by molar-refractivity contribution is 0.0696. The van der Waals surface area contributed by atoms with Crippen molar-refractivity contribution in [1.29, 1.82) is 0 Å². The van der Waals surface area contributed by atoms with E-state index in [1.165, 1.54) is 31.4 Å². The summed E-state index contributed by atoms with van der Waals surface area (Å²) in [4.78, 5) is 10.9. The van der Waals surface area contributed by atoms with E-state index in [1.54, 1.807) is 6.07 Å². The number of rotatable bonds is 5. The molecule has 5 nitrogen and oxygen atoms in total. The van der Waals surface area contributed by atoms with Gasteiger partial charge in [0.2, 0.25) is 0 Å². The van der Waals surface area contributed by atoms with E-state index in [2.05, 4.69) is 0 Å². The normalized spacial score (nSPS) is 17.6. The minimum atomic E-state index is -0.992. The molecular formula is C15H22N2O3. The van der Waals surface area contributed by atoms with Crippen molar-refractivity contribution in [1.82, 2.24) is 0 Å². The maximum atomic E-state index is 10.9. The Balaban J connectivity index is 2.04. The van der Waals surface area contributed by atoms with Crippen molar-refractivity contribution in [3.8, 4) is 5.75 Å². The van der Waals surface area contributed by atoms with Crippen molar-refractivity contribution in [2.24, 2.45) is 11.1 Å². The second-order valence-corrected chi connectivity index (χ2v) is 5.61. The molecule has 0 bridgehead atoms. The molecule has 0 saturated heterocycles. The number of ether oxygens (including phenoxy) is 1. The smallest absolute Gasteiger partial charge is 0.335 e. The highest BCUT2D eigenvalue weighted by Gasteiger charge is 2.31. The molecule has 1 fully saturated rings. The van der Waals surface area contributed by atoms with Crippen LogP contribution in [0.5, 0.6) is 5.75 Å². The fourth-order valence-electron chi connectivity index (χ4n) is 2.75. The average Bonchev–Trinajstić information content (AvgIpc) is 2.47. The van der Waals surface area contributed by atoms with Crippen molar-refractivity contribution >= 4 is 11.7 Å². The Labute approximate surface area is 118 Å². The number of aromatic carboxylic acids is 1. The standard InChI is InChI=1S/C15H22N2O3/c16-9-15(6-2-1-3-7-15)10-20-13-5-4-11(14(18)19)8-12(13)17/h4-5,8H,1-3,6-7,9-10,16-17H2,(H,18,19). The molecule has 0 radical (unpaired) electrons. The van der Waals surface area contributed by atoms with Gasteiger partial charge in [0.15, 0.2) is 0 Å². The molecule has 1 aromatic carbocycles. The molecule has 5 N–H and O–H groups in total. The van der Waals surface area contributed by atoms with Crippen LogP contribution >= 0.6 is 0 Å². The second-order valence-electron chi connectivity index (χ2n) is 5.61. The lowest BCUT2D eigenvalue weighted by Crippen LogP contribution is -2.38. The maximum absolute atomic E-state index is 10.9. The summed E-state index contributed by atoms with van der Waals surface area (Å²) in [7, 11) is 0. The van der Waals surface area contributed by atoms with Gasteiger partial charge >= 0.3 is 5.97 Å². The fraction of sp³-hybridized carbons (Fsp3) is 0.533. The van der Waals surface area contributed by atoms with Crippen molar-refractivity contribution in [3.63, 3.8) is 0 Å². The molecule has 0 spiro atoms. The van der Waals surface area contributed by atoms with Gasteiger partial charge < -0.3 is 21.3 Å². The van der Waals surface area contributed by atoms with Crippen molar-refractivity contribution in [2.45, 2.75) is 32.1 Å². The summed E-state index contributed by atoms with van der Waals surface area (Å²) in [6, 6.07) is 4.55. The lowest BCUT2D eigenvalue weighted by atomic mass is 9.75. The van der Waals surface area contributed by atoms with Gasteiger partial charge in [-0.15, -0.1) is 0 Å². The number of nitrogens with two attached hydrogens (primary N) is 2. The van der Waals surface area contributed by atoms with Crippen LogP contribution < -0.4 is 16.2 Å². The third-order valence-corrected chi connectivity index (χ3v) is 4.14. The average molecular weight is 278 g/mol. The largest absolute Gasteiger partial charge is 0.491 e. The van der Waals surface area contributed by atoms with Gasteiger partial charge in [-0.25, -0.2) is 4.79 Å². The zero-order chi connectivity index (χ0) is 14.6. The van der Waals surface area contributed by atoms with E-state index in [-0.39, 0.29) is 11.0 Å². The number of benzene rings is 1. The minimum Gasteiger partial charge on any atom is -0.491 e. The summed E-state index contributed by atoms with van der Waals surface area (Å²) in [5.74, 6) is -0.456. The highest BCUT2D eigenvalue weighted by molar-refractivity contribution is 5.89. The van der Waals surface area contributed by atoms with Gasteiger partial charge in [-0.3, -0.25) is 0 Å². The van der Waals surface area contributed by atoms with E-state index >= 15 is 0 Å². The highest BCUT2D eigenvalue weighted by atomic mass is 16.5. The molecule has 0 heterocycles. The SMILES string of the molecule is NCC1(COc2ccc(C(=O)O)cc2N)CCCCC1. The van der Waals surface area contributed by atoms with Crippen LogP contribution in [0.1, 0.15) is 42.5 Å². The number of hydrogen-bond donors (Lipinski definition) is 3. The molecule has 110 valence electrons. The molecule has 5 heteroatoms. The molecule has 0 aliphatic heterocycles. The van der Waals surface area contributed by atoms with Gasteiger partial charge in [-0.1, -0.05) is 19.3 Å². The van der Waals surface area contributed by atoms with Gasteiger partial charge in [0.05, 0.1) is 17.9 Å². The van der Waals surface area contributed by atoms with Gasteiger partial charge in [0.1, 0.15) is 5.75 Å². The number of nitrogen functional groups attached to an aromatic ring is 1. The Bertz CT molecular complexity index is 482. The van der Waals surface area contributed by atoms with Crippen molar-refractivity contribution in [2.75, 3.05) is 18.9 Å². The second kappa shape index (κ2) is 6.13. The lowest BCUT2D eigenvalue weighted by Gasteiger charge is -2.35. The molecule has 0 unspecified atom stereocenters. The predicted octanol–water partition coefficient (Wildman–Crippen LogP) is 2.25. The monoisotopic (exact) mass is 278 g/mol. The number of carbonyl (C=O) groups is 1. The molecule has 1 aliphatic rings. The van der Waals surface area contributed by atoms with Gasteiger partial charge in [0, 0.05) is 12.0 Å². The first-order chi connectivity index (χ1) is 9.56. The number of hydrogen-bond acceptors (Lipinski definition) is 4. The summed E-state index contributed by atoms with van der Waals surface area (Å²) < 4.78 is 5.81. The van der Waals surface area contributed by atoms with Crippen molar-refractivity contribution in [3.05, 3.63) is 23.8 Å². The summed E-state index contributed by atoms with van der Waals surface area (Å²) >= 11 is 0. The molecule has 1 aromatic rings. The molecule has 0 atom stereocenters. The minimum absolute atomic E-state index is 0.0379. The Morgan fingerprint density at radius 1 is 1.30 bits per heavy atom. The molecule has 0 aromatic heterocycles. The van der Waals surface area contributed by atoms with E-state index < -0.39 is 5.97 Å². The Hall–Kier alpha value is -1.75. The zero-order valence-electron chi connectivity index (χ0n) is 11.6. The van der Waals surface area contributed by atoms with Gasteiger partial charge in [0.25, 0.3) is 0 Å². The third kappa shape index (κ3) is 3.22. The topological polar surface area (TPSA) is 98.6 Å². The van der Waals surface area contributed by atoms with Crippen LogP contribution in [0.4, 0.5) is 5.69 Å². The zero-order valence-corrected chi connectivity index (χ0v) is 11.6. The van der Waals surface area contributed by atoms with Crippen LogP contribution in [0, 0.1) is 5.41 Å². The van der Waals surface area contributed by atoms with Crippen LogP contribution in [0.15, 0.2) is 18.2 Å². The van der Waals surface area contributed by atoms with Crippen LogP contribution in [-0.2, 0) is 0 Å². The molecular weight excluding hydrogens is 256 g/mol. The Morgan fingerprint density at radius 2 is 2.00 bits per heavy atom. The maximum Gasteiger partial charge on any atom is 0.335 e. The molecule has 0 amide bonds. The van der Waals surface area contributed by atoms with Crippen molar-refractivity contribution < 1.29 is 14.6 Å². The summed E-state index contributed by atoms with van der Waals surface area (Å²) in [6.45, 7) is 1.15. The van der Waals surface area contributed by atoms with E-state index in [0.717, 1.165) is 12.8 Å². The van der Waals surface area contributed by atoms with E-state index in [0.29, 0.717) is 24.6 Å². The molecule has 1 saturated carbocycles. The first kappa shape index (κ1) is 14.7. The highest BCUT2D eigenvalue weighted by Crippen LogP contribution is 2.36. The summed E-state index contributed by atoms with van der Waals surface area (Å²) in [5, 5.41) is 8.90. The molecule has 20 heavy (non-hydrogen) atoms. The predicted molar refractivity (Wildman–Crippen MR) is 77.9 cm³/mol. The molecule has 2 rings (SSSR count). The molecule has 1 aliphatic carbocycles. The number of anilines is 1. The van der Waals surface area contributed by atoms with E-state index in [1.807, 2.05) is 0 Å². The first-order valence-corrected chi connectivity index (χ1v) is 7.02. The van der Waals surface area contributed by atoms with Gasteiger partial charge in [-0.2, -0.15) is 0 Å². The van der Waals surface area contributed by atoms with Gasteiger partial charge in [-0.05, 0) is 31.0 Å². The van der Waals surface area contributed by atoms with Crippen LogP contribution in [0.3, 0.4) is 0 Å². The third-order valence-electron chi connectivity index (χ3n) is 4.14. The summed E-state index contributed by atoms with van der Waals surface area (Å²) in [6.07, 6.45) is 5.80. The number of carboxylic acid groups (broad SMARTS) is 1. The number of carboxylic acids is 1. The van der Waals surface area contributed by atoms with Crippen LogP contribution in [0.25, 0.3) is 0 Å². The quantitative estimate of drug-likeness (QED) is 0.717. The fourth-order valence-corrected chi connectivity index (χ4v) is 2.75. The Morgan fingerprint density at radius 3 is 2.55 bits per heavy atom. The Kier molecular flexibility index (Phi) is 4.49. The summed E-state index contributed by atoms with van der Waals surface area (Å²) in [5.41, 5.74) is 12.3. The van der Waals surface area contributed by atoms with Crippen LogP contribution in [-0.4, -0.2) is 24.2 Å². The first-order valence-electron chi connectivity index (χ1n) is 7.02. The van der Waals surface area contributed by atoms with Crippen LogP contribution in [0.2, 0.25) is 0 Å². The van der Waals surface area contributed by atoms with E-state index in [9.17, 15) is 4.79 Å².